The number of benzene rings is 1. The molecule has 0 aliphatic heterocycles. The summed E-state index contributed by atoms with van der Waals surface area (Å²) in [4.78, 5) is 12.1. The van der Waals surface area contributed by atoms with Crippen molar-refractivity contribution in [1.82, 2.24) is 15.1 Å². The molecule has 0 atom stereocenters. The van der Waals surface area contributed by atoms with E-state index >= 15 is 0 Å². The lowest BCUT2D eigenvalue weighted by Gasteiger charge is -2.08. The van der Waals surface area contributed by atoms with Gasteiger partial charge in [-0.15, -0.1) is 0 Å². The predicted molar refractivity (Wildman–Crippen MR) is 98.5 cm³/mol. The predicted octanol–water partition coefficient (Wildman–Crippen LogP) is 3.76. The maximum Gasteiger partial charge on any atom is 0.287 e. The third kappa shape index (κ3) is 4.67. The molecule has 0 fully saturated rings. The zero-order valence-electron chi connectivity index (χ0n) is 14.7. The van der Waals surface area contributed by atoms with Gasteiger partial charge in [-0.2, -0.15) is 5.10 Å². The number of ether oxygens (including phenoxy) is 1. The van der Waals surface area contributed by atoms with Crippen molar-refractivity contribution in [3.8, 4) is 5.75 Å². The Kier molecular flexibility index (Phi) is 5.63. The molecule has 0 saturated heterocycles. The van der Waals surface area contributed by atoms with Gasteiger partial charge in [-0.3, -0.25) is 9.48 Å². The van der Waals surface area contributed by atoms with Crippen molar-refractivity contribution in [2.45, 2.75) is 27.0 Å². The molecular weight excluding hydrogens is 354 g/mol. The van der Waals surface area contributed by atoms with Gasteiger partial charge in [-0.05, 0) is 43.2 Å². The van der Waals surface area contributed by atoms with Crippen molar-refractivity contribution in [3.05, 3.63) is 70.4 Å². The van der Waals surface area contributed by atoms with Gasteiger partial charge in [0.15, 0.2) is 5.76 Å². The van der Waals surface area contributed by atoms with Crippen LogP contribution < -0.4 is 10.1 Å². The summed E-state index contributed by atoms with van der Waals surface area (Å²) < 4.78 is 13.0. The summed E-state index contributed by atoms with van der Waals surface area (Å²) in [6, 6.07) is 9.41. The molecule has 3 aromatic rings. The number of rotatable bonds is 7. The van der Waals surface area contributed by atoms with Crippen LogP contribution in [0.3, 0.4) is 0 Å². The highest BCUT2D eigenvalue weighted by atomic mass is 35.5. The number of nitrogens with zero attached hydrogens (tertiary/aromatic N) is 2. The lowest BCUT2D eigenvalue weighted by Crippen LogP contribution is -2.27. The highest BCUT2D eigenvalue weighted by Crippen LogP contribution is 2.21. The number of aromatic nitrogens is 2. The van der Waals surface area contributed by atoms with Crippen LogP contribution in [0.25, 0.3) is 0 Å². The average Bonchev–Trinajstić information content (AvgIpc) is 3.25. The molecule has 0 unspecified atom stereocenters. The second-order valence-electron chi connectivity index (χ2n) is 6.00. The maximum atomic E-state index is 12.1. The molecule has 1 N–H and O–H groups in total. The van der Waals surface area contributed by atoms with Crippen molar-refractivity contribution < 1.29 is 13.9 Å². The first-order chi connectivity index (χ1) is 12.5. The van der Waals surface area contributed by atoms with Crippen LogP contribution in [-0.4, -0.2) is 22.2 Å². The Labute approximate surface area is 156 Å². The first kappa shape index (κ1) is 18.1. The molecule has 0 radical (unpaired) electrons. The van der Waals surface area contributed by atoms with Gasteiger partial charge in [0, 0.05) is 12.7 Å². The monoisotopic (exact) mass is 373 g/mol. The molecule has 0 spiro atoms. The molecule has 0 bridgehead atoms. The normalized spacial score (nSPS) is 10.7. The first-order valence-corrected chi connectivity index (χ1v) is 8.64. The lowest BCUT2D eigenvalue weighted by molar-refractivity contribution is 0.0920. The van der Waals surface area contributed by atoms with Crippen LogP contribution in [0.2, 0.25) is 5.02 Å². The molecule has 1 aromatic carbocycles. The maximum absolute atomic E-state index is 12.1. The van der Waals surface area contributed by atoms with Crippen molar-refractivity contribution in [2.75, 3.05) is 6.54 Å². The van der Waals surface area contributed by atoms with Gasteiger partial charge in [0.2, 0.25) is 0 Å². The average molecular weight is 374 g/mol. The third-order valence-electron chi connectivity index (χ3n) is 3.83. The van der Waals surface area contributed by atoms with Gasteiger partial charge < -0.3 is 14.5 Å². The van der Waals surface area contributed by atoms with Crippen molar-refractivity contribution in [2.24, 2.45) is 0 Å². The van der Waals surface area contributed by atoms with E-state index in [1.54, 1.807) is 29.2 Å². The standard InChI is InChI=1S/C19H20ClN3O3/c1-13-3-4-14(2)18(9-13)25-12-16-5-6-17(26-16)19(24)21-7-8-23-11-15(20)10-22-23/h3-6,9-11H,7-8,12H2,1-2H3,(H,21,24). The highest BCUT2D eigenvalue weighted by Gasteiger charge is 2.11. The Balaban J connectivity index is 1.50. The summed E-state index contributed by atoms with van der Waals surface area (Å²) in [5.41, 5.74) is 2.18. The number of carbonyl (C=O) groups is 1. The van der Waals surface area contributed by atoms with E-state index in [4.69, 9.17) is 20.8 Å². The minimum absolute atomic E-state index is 0.253. The SMILES string of the molecule is Cc1ccc(C)c(OCc2ccc(C(=O)NCCn3cc(Cl)cn3)o2)c1. The van der Waals surface area contributed by atoms with Gasteiger partial charge in [-0.1, -0.05) is 23.7 Å². The number of hydrogen-bond acceptors (Lipinski definition) is 4. The summed E-state index contributed by atoms with van der Waals surface area (Å²) in [7, 11) is 0. The number of amides is 1. The zero-order valence-corrected chi connectivity index (χ0v) is 15.4. The van der Waals surface area contributed by atoms with Crippen LogP contribution in [0.1, 0.15) is 27.4 Å². The number of carbonyl (C=O) groups excluding carboxylic acids is 1. The minimum Gasteiger partial charge on any atom is -0.485 e. The molecule has 26 heavy (non-hydrogen) atoms. The van der Waals surface area contributed by atoms with Crippen LogP contribution in [-0.2, 0) is 13.2 Å². The van der Waals surface area contributed by atoms with E-state index in [1.807, 2.05) is 32.0 Å². The summed E-state index contributed by atoms with van der Waals surface area (Å²) in [5, 5.41) is 7.40. The Morgan fingerprint density at radius 2 is 2.15 bits per heavy atom. The number of aryl methyl sites for hydroxylation is 2. The van der Waals surface area contributed by atoms with E-state index in [0.29, 0.717) is 23.9 Å². The van der Waals surface area contributed by atoms with Crippen molar-refractivity contribution in [3.63, 3.8) is 0 Å². The molecule has 0 saturated carbocycles. The van der Waals surface area contributed by atoms with Crippen molar-refractivity contribution >= 4 is 17.5 Å². The van der Waals surface area contributed by atoms with E-state index in [1.165, 1.54) is 0 Å². The van der Waals surface area contributed by atoms with Crippen LogP contribution in [0.4, 0.5) is 0 Å². The van der Waals surface area contributed by atoms with Gasteiger partial charge in [0.25, 0.3) is 5.91 Å². The molecular formula is C19H20ClN3O3. The summed E-state index contributed by atoms with van der Waals surface area (Å²) >= 11 is 5.80. The molecule has 2 aromatic heterocycles. The van der Waals surface area contributed by atoms with E-state index in [9.17, 15) is 4.79 Å². The first-order valence-electron chi connectivity index (χ1n) is 8.26. The van der Waals surface area contributed by atoms with Gasteiger partial charge in [0.05, 0.1) is 17.8 Å². The van der Waals surface area contributed by atoms with Crippen molar-refractivity contribution in [1.29, 1.82) is 0 Å². The number of furan rings is 1. The summed E-state index contributed by atoms with van der Waals surface area (Å²) in [6.45, 7) is 5.22. The topological polar surface area (TPSA) is 69.3 Å². The molecule has 6 nitrogen and oxygen atoms in total. The fourth-order valence-electron chi connectivity index (χ4n) is 2.42. The van der Waals surface area contributed by atoms with Crippen LogP contribution in [0.5, 0.6) is 5.75 Å². The minimum atomic E-state index is -0.277. The van der Waals surface area contributed by atoms with E-state index < -0.39 is 0 Å². The van der Waals surface area contributed by atoms with Gasteiger partial charge in [-0.25, -0.2) is 0 Å². The smallest absolute Gasteiger partial charge is 0.287 e. The summed E-state index contributed by atoms with van der Waals surface area (Å²) in [5.74, 6) is 1.38. The largest absolute Gasteiger partial charge is 0.485 e. The Hall–Kier alpha value is -2.73. The van der Waals surface area contributed by atoms with Crippen LogP contribution in [0, 0.1) is 13.8 Å². The number of hydrogen-bond donors (Lipinski definition) is 1. The van der Waals surface area contributed by atoms with E-state index in [0.717, 1.165) is 16.9 Å². The second kappa shape index (κ2) is 8.10. The summed E-state index contributed by atoms with van der Waals surface area (Å²) in [6.07, 6.45) is 3.25. The van der Waals surface area contributed by atoms with E-state index in [-0.39, 0.29) is 18.3 Å². The molecule has 136 valence electrons. The molecule has 2 heterocycles. The fourth-order valence-corrected chi connectivity index (χ4v) is 2.58. The molecule has 1 amide bonds. The Morgan fingerprint density at radius 3 is 2.92 bits per heavy atom. The second-order valence-corrected chi connectivity index (χ2v) is 6.44. The fraction of sp³-hybridized carbons (Fsp3) is 0.263. The Morgan fingerprint density at radius 1 is 1.31 bits per heavy atom. The van der Waals surface area contributed by atoms with Crippen LogP contribution >= 0.6 is 11.6 Å². The number of halogens is 1. The van der Waals surface area contributed by atoms with Crippen LogP contribution in [0.15, 0.2) is 47.1 Å². The quantitative estimate of drug-likeness (QED) is 0.684. The molecule has 0 aliphatic carbocycles. The number of nitrogens with one attached hydrogen (secondary N) is 1. The molecule has 0 aliphatic rings. The zero-order chi connectivity index (χ0) is 18.5. The third-order valence-corrected chi connectivity index (χ3v) is 4.02. The molecule has 3 rings (SSSR count). The highest BCUT2D eigenvalue weighted by molar-refractivity contribution is 6.30. The van der Waals surface area contributed by atoms with Gasteiger partial charge in [0.1, 0.15) is 18.1 Å². The van der Waals surface area contributed by atoms with Gasteiger partial charge >= 0.3 is 0 Å². The van der Waals surface area contributed by atoms with E-state index in [2.05, 4.69) is 10.4 Å². The Bertz CT molecular complexity index is 901. The molecule has 7 heteroatoms. The lowest BCUT2D eigenvalue weighted by atomic mass is 10.1.